The minimum absolute atomic E-state index is 0.127. The molecule has 3 atom stereocenters. The number of anilines is 3. The lowest BCUT2D eigenvalue weighted by atomic mass is 10.1. The summed E-state index contributed by atoms with van der Waals surface area (Å²) in [6.45, 7) is 0. The number of hydrogen-bond donors (Lipinski definition) is 5. The minimum Gasteiger partial charge on any atom is -0.508 e. The first-order chi connectivity index (χ1) is 30.7. The molecule has 5 N–H and O–H groups in total. The van der Waals surface area contributed by atoms with Gasteiger partial charge in [0.1, 0.15) is 22.5 Å². The van der Waals surface area contributed by atoms with Crippen molar-refractivity contribution < 1.29 is 19.5 Å². The molecule has 17 heteroatoms. The number of aromatic amines is 1. The van der Waals surface area contributed by atoms with Crippen molar-refractivity contribution in [1.82, 2.24) is 29.9 Å². The van der Waals surface area contributed by atoms with E-state index in [1.54, 1.807) is 73.1 Å². The lowest BCUT2D eigenvalue weighted by Gasteiger charge is -2.19. The number of aromatic nitrogens is 6. The van der Waals surface area contributed by atoms with Crippen LogP contribution in [0.5, 0.6) is 5.75 Å². The Hall–Kier alpha value is -7.17. The highest BCUT2D eigenvalue weighted by atomic mass is 35.5. The fourth-order valence-corrected chi connectivity index (χ4v) is 9.27. The van der Waals surface area contributed by atoms with Crippen molar-refractivity contribution in [3.05, 3.63) is 169 Å². The van der Waals surface area contributed by atoms with E-state index in [9.17, 15) is 19.5 Å². The van der Waals surface area contributed by atoms with Gasteiger partial charge in [-0.15, -0.1) is 23.2 Å². The molecule has 3 unspecified atom stereocenters. The number of aromatic hydroxyl groups is 1. The summed E-state index contributed by atoms with van der Waals surface area (Å²) in [4.78, 5) is 47.9. The van der Waals surface area contributed by atoms with Gasteiger partial charge in [0.2, 0.25) is 5.91 Å². The Labute approximate surface area is 376 Å². The van der Waals surface area contributed by atoms with E-state index in [1.165, 1.54) is 27.4 Å². The molecule has 0 spiro atoms. The molecule has 10 aromatic rings. The fraction of sp³-hybridized carbons (Fsp3) is 0.0652. The molecule has 0 fully saturated rings. The third-order valence-electron chi connectivity index (χ3n) is 9.93. The van der Waals surface area contributed by atoms with Crippen molar-refractivity contribution in [3.63, 3.8) is 0 Å². The van der Waals surface area contributed by atoms with Crippen LogP contribution >= 0.6 is 45.9 Å². The molecule has 2 amide bonds. The fourth-order valence-electron chi connectivity index (χ4n) is 6.88. The molecule has 312 valence electrons. The highest BCUT2D eigenvalue weighted by Crippen LogP contribution is 2.36. The Balaban J connectivity index is 0.000000161. The van der Waals surface area contributed by atoms with Crippen molar-refractivity contribution in [1.29, 1.82) is 0 Å². The molecule has 63 heavy (non-hydrogen) atoms. The number of phenolic OH excluding ortho intramolecular Hbond substituents is 1. The van der Waals surface area contributed by atoms with Crippen LogP contribution in [0.3, 0.4) is 0 Å². The first-order valence-electron chi connectivity index (χ1n) is 19.3. The molecule has 13 nitrogen and oxygen atoms in total. The SMILES string of the molecule is O=C(Nc1nc2ccc3[nH]ncc3c2s1)C(Nc1cccc(O)c1)c1ccccc1.O=C(Nc1nc2ccc3c(cnn3C(=O)C(Cl)c3ccccc3)c2s1)C(Cl)c1ccccc1. The second-order valence-electron chi connectivity index (χ2n) is 14.1. The smallest absolute Gasteiger partial charge is 0.269 e. The number of halogens is 2. The molecule has 0 bridgehead atoms. The Morgan fingerprint density at radius 2 is 1.22 bits per heavy atom. The largest absolute Gasteiger partial charge is 0.508 e. The van der Waals surface area contributed by atoms with Crippen molar-refractivity contribution >= 4 is 122 Å². The Morgan fingerprint density at radius 1 is 0.635 bits per heavy atom. The lowest BCUT2D eigenvalue weighted by Crippen LogP contribution is -2.27. The van der Waals surface area contributed by atoms with E-state index in [0.717, 1.165) is 36.8 Å². The predicted molar refractivity (Wildman–Crippen MR) is 251 cm³/mol. The highest BCUT2D eigenvalue weighted by Gasteiger charge is 2.25. The maximum absolute atomic E-state index is 13.2. The number of hydrogen-bond acceptors (Lipinski definition) is 11. The van der Waals surface area contributed by atoms with Crippen LogP contribution in [-0.2, 0) is 9.59 Å². The van der Waals surface area contributed by atoms with E-state index >= 15 is 0 Å². The van der Waals surface area contributed by atoms with Gasteiger partial charge in [-0.3, -0.25) is 24.8 Å². The third kappa shape index (κ3) is 8.81. The second-order valence-corrected chi connectivity index (χ2v) is 17.0. The van der Waals surface area contributed by atoms with Gasteiger partial charge in [0.15, 0.2) is 10.3 Å². The van der Waals surface area contributed by atoms with Crippen molar-refractivity contribution in [3.8, 4) is 5.75 Å². The van der Waals surface area contributed by atoms with E-state index in [1.807, 2.05) is 78.9 Å². The number of phenols is 1. The van der Waals surface area contributed by atoms with Crippen LogP contribution in [0.1, 0.15) is 38.3 Å². The topological polar surface area (TPSA) is 180 Å². The number of rotatable bonds is 10. The molecule has 4 aromatic heterocycles. The molecule has 0 saturated carbocycles. The molecule has 4 heterocycles. The van der Waals surface area contributed by atoms with E-state index in [2.05, 4.69) is 41.2 Å². The molecular formula is C46H33Cl2N9O4S2. The standard InChI is InChI=1S/C24H16Cl2N4O2S.C22H17N5O2S/c25-19(14-7-3-1-4-8-14)22(31)29-24-28-17-11-12-18-16(21(17)33-24)13-27-30(18)23(32)20(26)15-9-5-2-6-10-15;28-15-8-4-7-14(11-15)24-19(13-5-2-1-3-6-13)21(29)26-22-25-18-10-9-17-16(12-23-27-17)20(18)30-22/h1-13,19-20H,(H,28,29,31);1-12,19,24,28H,(H,23,27)(H,25,26,29). The summed E-state index contributed by atoms with van der Waals surface area (Å²) in [6, 6.07) is 41.1. The summed E-state index contributed by atoms with van der Waals surface area (Å²) in [7, 11) is 0. The van der Waals surface area contributed by atoms with Crippen molar-refractivity contribution in [2.24, 2.45) is 0 Å². The van der Waals surface area contributed by atoms with E-state index in [4.69, 9.17) is 23.2 Å². The van der Waals surface area contributed by atoms with Gasteiger partial charge in [-0.1, -0.05) is 120 Å². The number of amides is 2. The van der Waals surface area contributed by atoms with Crippen LogP contribution in [0.15, 0.2) is 152 Å². The van der Waals surface area contributed by atoms with Crippen LogP contribution in [-0.4, -0.2) is 52.8 Å². The number of H-pyrrole nitrogens is 1. The molecule has 0 radical (unpaired) electrons. The van der Waals surface area contributed by atoms with Crippen LogP contribution in [0.4, 0.5) is 16.0 Å². The lowest BCUT2D eigenvalue weighted by molar-refractivity contribution is -0.117. The Bertz CT molecular complexity index is 3250. The highest BCUT2D eigenvalue weighted by molar-refractivity contribution is 7.23. The quantitative estimate of drug-likeness (QED) is 0.0835. The zero-order chi connectivity index (χ0) is 43.5. The number of carbonyl (C=O) groups is 3. The van der Waals surface area contributed by atoms with E-state index in [0.29, 0.717) is 38.1 Å². The molecule has 0 saturated heterocycles. The number of nitrogens with zero attached hydrogens (tertiary/aromatic N) is 5. The normalized spacial score (nSPS) is 12.7. The molecule has 10 rings (SSSR count). The average Bonchev–Trinajstić information content (AvgIpc) is 4.14. The van der Waals surface area contributed by atoms with Gasteiger partial charge in [-0.2, -0.15) is 14.9 Å². The zero-order valence-corrected chi connectivity index (χ0v) is 35.8. The molecule has 0 aliphatic heterocycles. The van der Waals surface area contributed by atoms with Gasteiger partial charge in [0, 0.05) is 22.5 Å². The third-order valence-corrected chi connectivity index (χ3v) is 12.9. The number of fused-ring (bicyclic) bond motifs is 6. The molecule has 0 aliphatic carbocycles. The molecular weight excluding hydrogens is 878 g/mol. The number of thiazole rings is 2. The maximum Gasteiger partial charge on any atom is 0.269 e. The summed E-state index contributed by atoms with van der Waals surface area (Å²) in [5.41, 5.74) is 5.89. The van der Waals surface area contributed by atoms with Gasteiger partial charge in [-0.05, 0) is 53.1 Å². The van der Waals surface area contributed by atoms with Crippen LogP contribution in [0.2, 0.25) is 0 Å². The second kappa shape index (κ2) is 18.0. The average molecular weight is 911 g/mol. The van der Waals surface area contributed by atoms with Crippen LogP contribution in [0.25, 0.3) is 42.2 Å². The van der Waals surface area contributed by atoms with Gasteiger partial charge in [0.05, 0.1) is 43.9 Å². The van der Waals surface area contributed by atoms with E-state index < -0.39 is 16.8 Å². The first kappa shape index (κ1) is 41.2. The zero-order valence-electron chi connectivity index (χ0n) is 32.6. The number of nitrogens with one attached hydrogen (secondary N) is 4. The molecule has 0 aliphatic rings. The Kier molecular flexibility index (Phi) is 11.8. The number of carbonyl (C=O) groups excluding carboxylic acids is 3. The Morgan fingerprint density at radius 3 is 1.87 bits per heavy atom. The molecule has 6 aromatic carbocycles. The first-order valence-corrected chi connectivity index (χ1v) is 21.8. The van der Waals surface area contributed by atoms with Gasteiger partial charge in [-0.25, -0.2) is 9.97 Å². The van der Waals surface area contributed by atoms with Gasteiger partial charge in [0.25, 0.3) is 11.8 Å². The van der Waals surface area contributed by atoms with Gasteiger partial charge >= 0.3 is 0 Å². The number of alkyl halides is 2. The van der Waals surface area contributed by atoms with E-state index in [-0.39, 0.29) is 23.5 Å². The summed E-state index contributed by atoms with van der Waals surface area (Å²) in [5.74, 6) is -0.824. The van der Waals surface area contributed by atoms with Gasteiger partial charge < -0.3 is 15.7 Å². The minimum atomic E-state index is -0.861. The summed E-state index contributed by atoms with van der Waals surface area (Å²) < 4.78 is 3.08. The summed E-state index contributed by atoms with van der Waals surface area (Å²) >= 11 is 15.5. The maximum atomic E-state index is 13.2. The monoisotopic (exact) mass is 909 g/mol. The summed E-state index contributed by atoms with van der Waals surface area (Å²) in [6.07, 6.45) is 3.37. The van der Waals surface area contributed by atoms with Crippen molar-refractivity contribution in [2.45, 2.75) is 16.8 Å². The predicted octanol–water partition coefficient (Wildman–Crippen LogP) is 10.9. The van der Waals surface area contributed by atoms with Crippen LogP contribution < -0.4 is 16.0 Å². The van der Waals surface area contributed by atoms with Crippen molar-refractivity contribution in [2.75, 3.05) is 16.0 Å². The summed E-state index contributed by atoms with van der Waals surface area (Å²) in [5, 5.41) is 31.0. The number of benzene rings is 6. The van der Waals surface area contributed by atoms with Crippen LogP contribution in [0, 0.1) is 0 Å².